The summed E-state index contributed by atoms with van der Waals surface area (Å²) in [4.78, 5) is 0. The molecule has 2 aromatic rings. The SMILES string of the molecule is Cc1ccc(-c2cnn(CCN)c2)cc1OC(C)C. The first-order valence-electron chi connectivity index (χ1n) is 6.60. The van der Waals surface area contributed by atoms with Crippen molar-refractivity contribution in [2.45, 2.75) is 33.4 Å². The van der Waals surface area contributed by atoms with E-state index in [2.05, 4.69) is 30.2 Å². The highest BCUT2D eigenvalue weighted by molar-refractivity contribution is 5.64. The van der Waals surface area contributed by atoms with Gasteiger partial charge in [0.25, 0.3) is 0 Å². The van der Waals surface area contributed by atoms with E-state index >= 15 is 0 Å². The van der Waals surface area contributed by atoms with Gasteiger partial charge < -0.3 is 10.5 Å². The van der Waals surface area contributed by atoms with Gasteiger partial charge in [0.05, 0.1) is 18.8 Å². The highest BCUT2D eigenvalue weighted by Crippen LogP contribution is 2.27. The van der Waals surface area contributed by atoms with E-state index in [0.717, 1.165) is 29.0 Å². The minimum atomic E-state index is 0.175. The van der Waals surface area contributed by atoms with E-state index in [1.165, 1.54) is 0 Å². The Morgan fingerprint density at radius 3 is 2.79 bits per heavy atom. The molecule has 2 N–H and O–H groups in total. The number of benzene rings is 1. The average molecular weight is 259 g/mol. The smallest absolute Gasteiger partial charge is 0.123 e. The fraction of sp³-hybridized carbons (Fsp3) is 0.400. The molecule has 0 spiro atoms. The zero-order valence-corrected chi connectivity index (χ0v) is 11.8. The molecule has 19 heavy (non-hydrogen) atoms. The second-order valence-corrected chi connectivity index (χ2v) is 4.93. The summed E-state index contributed by atoms with van der Waals surface area (Å²) in [5.41, 5.74) is 8.87. The molecule has 4 heteroatoms. The summed E-state index contributed by atoms with van der Waals surface area (Å²) in [6, 6.07) is 6.23. The van der Waals surface area contributed by atoms with Crippen molar-refractivity contribution in [1.29, 1.82) is 0 Å². The third-order valence-electron chi connectivity index (χ3n) is 2.88. The molecule has 1 aromatic heterocycles. The number of hydrogen-bond donors (Lipinski definition) is 1. The van der Waals surface area contributed by atoms with Crippen molar-refractivity contribution < 1.29 is 4.74 Å². The molecule has 0 saturated heterocycles. The highest BCUT2D eigenvalue weighted by atomic mass is 16.5. The lowest BCUT2D eigenvalue weighted by Gasteiger charge is -2.13. The molecule has 0 aliphatic heterocycles. The van der Waals surface area contributed by atoms with Gasteiger partial charge in [0.1, 0.15) is 5.75 Å². The fourth-order valence-electron chi connectivity index (χ4n) is 1.93. The molecule has 1 aromatic carbocycles. The van der Waals surface area contributed by atoms with Crippen LogP contribution in [0.3, 0.4) is 0 Å². The normalized spacial score (nSPS) is 11.0. The zero-order chi connectivity index (χ0) is 13.8. The maximum Gasteiger partial charge on any atom is 0.123 e. The van der Waals surface area contributed by atoms with E-state index in [1.54, 1.807) is 0 Å². The first-order valence-corrected chi connectivity index (χ1v) is 6.60. The Balaban J connectivity index is 2.28. The summed E-state index contributed by atoms with van der Waals surface area (Å²) >= 11 is 0. The predicted octanol–water partition coefficient (Wildman–Crippen LogP) is 2.60. The molecule has 0 saturated carbocycles. The van der Waals surface area contributed by atoms with E-state index in [4.69, 9.17) is 10.5 Å². The van der Waals surface area contributed by atoms with Crippen molar-refractivity contribution >= 4 is 0 Å². The number of nitrogens with two attached hydrogens (primary N) is 1. The first-order chi connectivity index (χ1) is 9.10. The predicted molar refractivity (Wildman–Crippen MR) is 77.2 cm³/mol. The Hall–Kier alpha value is -1.81. The van der Waals surface area contributed by atoms with Gasteiger partial charge in [-0.1, -0.05) is 12.1 Å². The fourth-order valence-corrected chi connectivity index (χ4v) is 1.93. The van der Waals surface area contributed by atoms with Crippen LogP contribution in [0.4, 0.5) is 0 Å². The largest absolute Gasteiger partial charge is 0.491 e. The Labute approximate surface area is 114 Å². The van der Waals surface area contributed by atoms with Gasteiger partial charge in [-0.25, -0.2) is 0 Å². The van der Waals surface area contributed by atoms with E-state index in [1.807, 2.05) is 30.9 Å². The Kier molecular flexibility index (Phi) is 4.22. The zero-order valence-electron chi connectivity index (χ0n) is 11.8. The van der Waals surface area contributed by atoms with Gasteiger partial charge >= 0.3 is 0 Å². The van der Waals surface area contributed by atoms with Crippen LogP contribution in [0.25, 0.3) is 11.1 Å². The summed E-state index contributed by atoms with van der Waals surface area (Å²) in [7, 11) is 0. The molecule has 0 aliphatic rings. The molecular weight excluding hydrogens is 238 g/mol. The van der Waals surface area contributed by atoms with Gasteiger partial charge in [-0.15, -0.1) is 0 Å². The van der Waals surface area contributed by atoms with E-state index in [-0.39, 0.29) is 6.10 Å². The molecule has 0 radical (unpaired) electrons. The lowest BCUT2D eigenvalue weighted by atomic mass is 10.1. The van der Waals surface area contributed by atoms with Crippen LogP contribution in [0.5, 0.6) is 5.75 Å². The molecule has 0 fully saturated rings. The summed E-state index contributed by atoms with van der Waals surface area (Å²) in [5, 5.41) is 4.29. The molecular formula is C15H21N3O. The van der Waals surface area contributed by atoms with E-state index in [9.17, 15) is 0 Å². The lowest BCUT2D eigenvalue weighted by molar-refractivity contribution is 0.241. The second-order valence-electron chi connectivity index (χ2n) is 4.93. The quantitative estimate of drug-likeness (QED) is 0.898. The third kappa shape index (κ3) is 3.35. The summed E-state index contributed by atoms with van der Waals surface area (Å²) in [5.74, 6) is 0.930. The number of ether oxygens (including phenoxy) is 1. The van der Waals surface area contributed by atoms with Crippen molar-refractivity contribution in [1.82, 2.24) is 9.78 Å². The monoisotopic (exact) mass is 259 g/mol. The number of rotatable bonds is 5. The van der Waals surface area contributed by atoms with Gasteiger partial charge in [-0.3, -0.25) is 4.68 Å². The van der Waals surface area contributed by atoms with Gasteiger partial charge in [0.15, 0.2) is 0 Å². The molecule has 0 bridgehead atoms. The molecule has 1 heterocycles. The minimum Gasteiger partial charge on any atom is -0.491 e. The van der Waals surface area contributed by atoms with Crippen LogP contribution in [-0.4, -0.2) is 22.4 Å². The molecule has 0 amide bonds. The summed E-state index contributed by atoms with van der Waals surface area (Å²) in [6.45, 7) is 7.45. The molecule has 102 valence electrons. The maximum absolute atomic E-state index is 5.81. The van der Waals surface area contributed by atoms with Crippen molar-refractivity contribution in [3.05, 3.63) is 36.2 Å². The second kappa shape index (κ2) is 5.89. The standard InChI is InChI=1S/C15H21N3O/c1-11(2)19-15-8-13(5-4-12(15)3)14-9-17-18(10-14)7-6-16/h4-5,8-11H,6-7,16H2,1-3H3. The van der Waals surface area contributed by atoms with Crippen LogP contribution in [-0.2, 0) is 6.54 Å². The van der Waals surface area contributed by atoms with Crippen LogP contribution in [0.1, 0.15) is 19.4 Å². The summed E-state index contributed by atoms with van der Waals surface area (Å²) < 4.78 is 7.67. The number of nitrogens with zero attached hydrogens (tertiary/aromatic N) is 2. The number of aryl methyl sites for hydroxylation is 1. The van der Waals surface area contributed by atoms with Gasteiger partial charge in [0, 0.05) is 18.3 Å². The average Bonchev–Trinajstić information content (AvgIpc) is 2.80. The molecule has 0 atom stereocenters. The highest BCUT2D eigenvalue weighted by Gasteiger charge is 2.07. The van der Waals surface area contributed by atoms with Crippen LogP contribution >= 0.6 is 0 Å². The van der Waals surface area contributed by atoms with Crippen molar-refractivity contribution in [2.75, 3.05) is 6.54 Å². The van der Waals surface area contributed by atoms with Crippen LogP contribution in [0, 0.1) is 6.92 Å². The lowest BCUT2D eigenvalue weighted by Crippen LogP contribution is -2.09. The van der Waals surface area contributed by atoms with Crippen molar-refractivity contribution in [2.24, 2.45) is 5.73 Å². The first kappa shape index (κ1) is 13.6. The number of hydrogen-bond acceptors (Lipinski definition) is 3. The molecule has 0 unspecified atom stereocenters. The van der Waals surface area contributed by atoms with Crippen molar-refractivity contribution in [3.63, 3.8) is 0 Å². The topological polar surface area (TPSA) is 53.1 Å². The van der Waals surface area contributed by atoms with E-state index < -0.39 is 0 Å². The Morgan fingerprint density at radius 1 is 1.32 bits per heavy atom. The van der Waals surface area contributed by atoms with Gasteiger partial charge in [0.2, 0.25) is 0 Å². The van der Waals surface area contributed by atoms with Gasteiger partial charge in [-0.2, -0.15) is 5.10 Å². The Bertz CT molecular complexity index is 546. The number of aromatic nitrogens is 2. The summed E-state index contributed by atoms with van der Waals surface area (Å²) in [6.07, 6.45) is 4.05. The molecule has 4 nitrogen and oxygen atoms in total. The van der Waals surface area contributed by atoms with Crippen LogP contribution < -0.4 is 10.5 Å². The Morgan fingerprint density at radius 2 is 2.11 bits per heavy atom. The maximum atomic E-state index is 5.81. The minimum absolute atomic E-state index is 0.175. The van der Waals surface area contributed by atoms with Crippen LogP contribution in [0.2, 0.25) is 0 Å². The molecule has 0 aliphatic carbocycles. The third-order valence-corrected chi connectivity index (χ3v) is 2.88. The van der Waals surface area contributed by atoms with E-state index in [0.29, 0.717) is 6.54 Å². The van der Waals surface area contributed by atoms with Gasteiger partial charge in [-0.05, 0) is 38.0 Å². The molecule has 2 rings (SSSR count). The van der Waals surface area contributed by atoms with Crippen LogP contribution in [0.15, 0.2) is 30.6 Å². The van der Waals surface area contributed by atoms with Crippen molar-refractivity contribution in [3.8, 4) is 16.9 Å².